The highest BCUT2D eigenvalue weighted by molar-refractivity contribution is 6.30. The summed E-state index contributed by atoms with van der Waals surface area (Å²) in [6.45, 7) is 2.68. The smallest absolute Gasteiger partial charge is 0.123 e. The van der Waals surface area contributed by atoms with Gasteiger partial charge in [0.2, 0.25) is 0 Å². The molecule has 0 unspecified atom stereocenters. The Morgan fingerprint density at radius 1 is 1.23 bits per heavy atom. The van der Waals surface area contributed by atoms with Crippen molar-refractivity contribution < 1.29 is 4.74 Å². The molecule has 0 atom stereocenters. The first kappa shape index (κ1) is 15.0. The lowest BCUT2D eigenvalue weighted by Gasteiger charge is -2.28. The SMILES string of the molecule is COc1cccc2c1CN(CC#Cc1cccc(Cl)c1)CC2. The van der Waals surface area contributed by atoms with Crippen LogP contribution in [0.1, 0.15) is 16.7 Å². The average Bonchev–Trinajstić information content (AvgIpc) is 2.54. The molecule has 0 N–H and O–H groups in total. The van der Waals surface area contributed by atoms with Crippen molar-refractivity contribution in [2.45, 2.75) is 13.0 Å². The molecule has 0 saturated carbocycles. The van der Waals surface area contributed by atoms with Crippen molar-refractivity contribution >= 4 is 11.6 Å². The summed E-state index contributed by atoms with van der Waals surface area (Å²) >= 11 is 5.97. The van der Waals surface area contributed by atoms with Crippen LogP contribution >= 0.6 is 11.6 Å². The molecule has 0 amide bonds. The lowest BCUT2D eigenvalue weighted by molar-refractivity contribution is 0.278. The van der Waals surface area contributed by atoms with E-state index in [1.54, 1.807) is 7.11 Å². The van der Waals surface area contributed by atoms with E-state index in [9.17, 15) is 0 Å². The van der Waals surface area contributed by atoms with Crippen LogP contribution < -0.4 is 4.74 Å². The maximum atomic E-state index is 5.97. The molecule has 2 aromatic rings. The summed E-state index contributed by atoms with van der Waals surface area (Å²) in [4.78, 5) is 2.35. The van der Waals surface area contributed by atoms with Crippen LogP contribution in [-0.4, -0.2) is 25.1 Å². The average molecular weight is 312 g/mol. The van der Waals surface area contributed by atoms with Gasteiger partial charge in [-0.15, -0.1) is 0 Å². The summed E-state index contributed by atoms with van der Waals surface area (Å²) in [7, 11) is 1.73. The Labute approximate surface area is 136 Å². The van der Waals surface area contributed by atoms with Crippen LogP contribution in [0.3, 0.4) is 0 Å². The second kappa shape index (κ2) is 6.87. The van der Waals surface area contributed by atoms with Gasteiger partial charge in [0, 0.05) is 29.2 Å². The van der Waals surface area contributed by atoms with Crippen molar-refractivity contribution in [3.05, 3.63) is 64.2 Å². The second-order valence-corrected chi connectivity index (χ2v) is 5.81. The molecule has 0 fully saturated rings. The fourth-order valence-corrected chi connectivity index (χ4v) is 2.94. The van der Waals surface area contributed by atoms with E-state index >= 15 is 0 Å². The highest BCUT2D eigenvalue weighted by atomic mass is 35.5. The zero-order valence-electron chi connectivity index (χ0n) is 12.6. The Bertz CT molecular complexity index is 715. The van der Waals surface area contributed by atoms with Gasteiger partial charge in [-0.05, 0) is 36.2 Å². The summed E-state index contributed by atoms with van der Waals surface area (Å²) in [5.41, 5.74) is 3.64. The first-order valence-electron chi connectivity index (χ1n) is 7.38. The summed E-state index contributed by atoms with van der Waals surface area (Å²) in [5, 5.41) is 0.725. The molecule has 3 heteroatoms. The van der Waals surface area contributed by atoms with Gasteiger partial charge in [0.15, 0.2) is 0 Å². The zero-order valence-corrected chi connectivity index (χ0v) is 13.4. The topological polar surface area (TPSA) is 12.5 Å². The third-order valence-electron chi connectivity index (χ3n) is 3.89. The number of hydrogen-bond acceptors (Lipinski definition) is 2. The standard InChI is InChI=1S/C19H18ClNO/c1-22-19-9-3-7-16-10-12-21(14-18(16)19)11-4-6-15-5-2-8-17(20)13-15/h2-3,5,7-9,13H,10-12,14H2,1H3. The van der Waals surface area contributed by atoms with Crippen molar-refractivity contribution in [2.75, 3.05) is 20.2 Å². The van der Waals surface area contributed by atoms with Crippen molar-refractivity contribution in [3.8, 4) is 17.6 Å². The van der Waals surface area contributed by atoms with Crippen LogP contribution in [0.2, 0.25) is 5.02 Å². The molecule has 0 spiro atoms. The van der Waals surface area contributed by atoms with Gasteiger partial charge in [0.25, 0.3) is 0 Å². The van der Waals surface area contributed by atoms with E-state index in [4.69, 9.17) is 16.3 Å². The van der Waals surface area contributed by atoms with E-state index in [1.165, 1.54) is 11.1 Å². The van der Waals surface area contributed by atoms with Crippen molar-refractivity contribution in [1.82, 2.24) is 4.90 Å². The molecule has 0 bridgehead atoms. The van der Waals surface area contributed by atoms with Crippen molar-refractivity contribution in [3.63, 3.8) is 0 Å². The predicted octanol–water partition coefficient (Wildman–Crippen LogP) is 3.76. The number of benzene rings is 2. The Balaban J connectivity index is 1.68. The molecule has 22 heavy (non-hydrogen) atoms. The second-order valence-electron chi connectivity index (χ2n) is 5.37. The number of halogens is 1. The number of rotatable bonds is 2. The molecule has 0 aromatic heterocycles. The van der Waals surface area contributed by atoms with Gasteiger partial charge >= 0.3 is 0 Å². The first-order valence-corrected chi connectivity index (χ1v) is 7.75. The van der Waals surface area contributed by atoms with E-state index in [0.717, 1.165) is 42.4 Å². The molecule has 1 heterocycles. The molecule has 1 aliphatic rings. The number of ether oxygens (including phenoxy) is 1. The largest absolute Gasteiger partial charge is 0.496 e. The fraction of sp³-hybridized carbons (Fsp3) is 0.263. The molecule has 0 saturated heterocycles. The van der Waals surface area contributed by atoms with Crippen molar-refractivity contribution in [2.24, 2.45) is 0 Å². The van der Waals surface area contributed by atoms with Gasteiger partial charge in [-0.2, -0.15) is 0 Å². The molecule has 0 aliphatic carbocycles. The quantitative estimate of drug-likeness (QED) is 0.783. The molecule has 0 radical (unpaired) electrons. The molecular formula is C19H18ClNO. The Hall–Kier alpha value is -1.95. The minimum absolute atomic E-state index is 0.725. The summed E-state index contributed by atoms with van der Waals surface area (Å²) < 4.78 is 5.47. The third-order valence-corrected chi connectivity index (χ3v) is 4.12. The lowest BCUT2D eigenvalue weighted by atomic mass is 9.99. The Morgan fingerprint density at radius 3 is 2.91 bits per heavy atom. The monoisotopic (exact) mass is 311 g/mol. The van der Waals surface area contributed by atoms with E-state index in [0.29, 0.717) is 0 Å². The van der Waals surface area contributed by atoms with Crippen LogP contribution in [0, 0.1) is 11.8 Å². The lowest BCUT2D eigenvalue weighted by Crippen LogP contribution is -2.31. The number of nitrogens with zero attached hydrogens (tertiary/aromatic N) is 1. The van der Waals surface area contributed by atoms with E-state index in [2.05, 4.69) is 28.9 Å². The Morgan fingerprint density at radius 2 is 2.09 bits per heavy atom. The summed E-state index contributed by atoms with van der Waals surface area (Å²) in [5.74, 6) is 7.40. The molecular weight excluding hydrogens is 294 g/mol. The molecule has 3 rings (SSSR count). The van der Waals surface area contributed by atoms with Crippen molar-refractivity contribution in [1.29, 1.82) is 0 Å². The fourth-order valence-electron chi connectivity index (χ4n) is 2.75. The van der Waals surface area contributed by atoms with Gasteiger partial charge in [-0.3, -0.25) is 4.90 Å². The molecule has 2 aromatic carbocycles. The minimum Gasteiger partial charge on any atom is -0.496 e. The number of fused-ring (bicyclic) bond motifs is 1. The number of hydrogen-bond donors (Lipinski definition) is 0. The van der Waals surface area contributed by atoms with Gasteiger partial charge in [0.1, 0.15) is 5.75 Å². The van der Waals surface area contributed by atoms with Crippen LogP contribution in [0.25, 0.3) is 0 Å². The van der Waals surface area contributed by atoms with E-state index < -0.39 is 0 Å². The zero-order chi connectivity index (χ0) is 15.4. The third kappa shape index (κ3) is 3.44. The van der Waals surface area contributed by atoms with Gasteiger partial charge < -0.3 is 4.74 Å². The van der Waals surface area contributed by atoms with Gasteiger partial charge in [-0.25, -0.2) is 0 Å². The van der Waals surface area contributed by atoms with Gasteiger partial charge in [0.05, 0.1) is 13.7 Å². The van der Waals surface area contributed by atoms with Crippen LogP contribution in [0.4, 0.5) is 0 Å². The van der Waals surface area contributed by atoms with Gasteiger partial charge in [-0.1, -0.05) is 41.6 Å². The summed E-state index contributed by atoms with van der Waals surface area (Å²) in [6, 6.07) is 13.9. The first-order chi connectivity index (χ1) is 10.8. The molecule has 2 nitrogen and oxygen atoms in total. The minimum atomic E-state index is 0.725. The maximum absolute atomic E-state index is 5.97. The van der Waals surface area contributed by atoms with Crippen LogP contribution in [0.15, 0.2) is 42.5 Å². The van der Waals surface area contributed by atoms with E-state index in [1.807, 2.05) is 30.3 Å². The van der Waals surface area contributed by atoms with E-state index in [-0.39, 0.29) is 0 Å². The van der Waals surface area contributed by atoms with Crippen LogP contribution in [0.5, 0.6) is 5.75 Å². The summed E-state index contributed by atoms with van der Waals surface area (Å²) in [6.07, 6.45) is 1.05. The molecule has 112 valence electrons. The predicted molar refractivity (Wildman–Crippen MR) is 90.3 cm³/mol. The normalized spacial score (nSPS) is 13.9. The maximum Gasteiger partial charge on any atom is 0.123 e. The van der Waals surface area contributed by atoms with Crippen LogP contribution in [-0.2, 0) is 13.0 Å². The molecule has 1 aliphatic heterocycles. The Kier molecular flexibility index (Phi) is 4.68. The number of methoxy groups -OCH3 is 1. The highest BCUT2D eigenvalue weighted by Crippen LogP contribution is 2.27. The highest BCUT2D eigenvalue weighted by Gasteiger charge is 2.18.